The lowest BCUT2D eigenvalue weighted by molar-refractivity contribution is -0.196. The summed E-state index contributed by atoms with van der Waals surface area (Å²) in [4.78, 5) is 32.8. The first-order chi connectivity index (χ1) is 8.81. The molecule has 1 fully saturated rings. The zero-order valence-electron chi connectivity index (χ0n) is 11.4. The largest absolute Gasteiger partial charge is 0.463 e. The van der Waals surface area contributed by atoms with Gasteiger partial charge in [0.1, 0.15) is 12.7 Å². The fourth-order valence-electron chi connectivity index (χ4n) is 1.84. The molecule has 0 unspecified atom stereocenters. The van der Waals surface area contributed by atoms with Gasteiger partial charge in [-0.05, 0) is 0 Å². The summed E-state index contributed by atoms with van der Waals surface area (Å²) in [5.74, 6) is -1.73. The minimum absolute atomic E-state index is 0.0199. The van der Waals surface area contributed by atoms with Gasteiger partial charge in [-0.3, -0.25) is 14.4 Å². The average Bonchev–Trinajstić information content (AvgIpc) is 2.53. The van der Waals surface area contributed by atoms with Crippen LogP contribution in [0.3, 0.4) is 0 Å². The molecule has 1 heterocycles. The first-order valence-electron chi connectivity index (χ1n) is 5.94. The Morgan fingerprint density at radius 3 is 2.05 bits per heavy atom. The summed E-state index contributed by atoms with van der Waals surface area (Å²) in [7, 11) is 0. The summed E-state index contributed by atoms with van der Waals surface area (Å²) in [6.07, 6.45) is -2.17. The molecule has 0 spiro atoms. The van der Waals surface area contributed by atoms with E-state index >= 15 is 0 Å². The van der Waals surface area contributed by atoms with Crippen molar-refractivity contribution in [3.63, 3.8) is 0 Å². The van der Waals surface area contributed by atoms with E-state index < -0.39 is 36.4 Å². The van der Waals surface area contributed by atoms with Gasteiger partial charge in [-0.15, -0.1) is 0 Å². The van der Waals surface area contributed by atoms with Crippen molar-refractivity contribution in [1.82, 2.24) is 0 Å². The van der Waals surface area contributed by atoms with Crippen LogP contribution < -0.4 is 0 Å². The van der Waals surface area contributed by atoms with E-state index in [1.54, 1.807) is 6.92 Å². The molecular formula is C12H18O7. The summed E-state index contributed by atoms with van der Waals surface area (Å²) < 4.78 is 20.4. The Morgan fingerprint density at radius 2 is 1.58 bits per heavy atom. The number of ether oxygens (including phenoxy) is 4. The van der Waals surface area contributed by atoms with Crippen molar-refractivity contribution in [1.29, 1.82) is 0 Å². The van der Waals surface area contributed by atoms with Crippen LogP contribution in [0.1, 0.15) is 27.7 Å². The summed E-state index contributed by atoms with van der Waals surface area (Å²) in [6.45, 7) is 5.57. The van der Waals surface area contributed by atoms with Crippen LogP contribution in [0.5, 0.6) is 0 Å². The lowest BCUT2D eigenvalue weighted by atomic mass is 10.0. The highest BCUT2D eigenvalue weighted by Crippen LogP contribution is 2.30. The van der Waals surface area contributed by atoms with E-state index in [-0.39, 0.29) is 12.5 Å². The minimum atomic E-state index is -0.975. The van der Waals surface area contributed by atoms with Gasteiger partial charge in [0.15, 0.2) is 6.10 Å². The molecule has 1 rings (SSSR count). The molecule has 4 atom stereocenters. The Bertz CT molecular complexity index is 365. The molecule has 108 valence electrons. The molecule has 0 aliphatic carbocycles. The molecule has 0 amide bonds. The fourth-order valence-corrected chi connectivity index (χ4v) is 1.84. The molecule has 1 aliphatic heterocycles. The van der Waals surface area contributed by atoms with Crippen molar-refractivity contribution in [2.45, 2.75) is 46.2 Å². The Morgan fingerprint density at radius 1 is 1.00 bits per heavy atom. The molecule has 1 saturated heterocycles. The Hall–Kier alpha value is -1.63. The maximum Gasteiger partial charge on any atom is 0.305 e. The maximum absolute atomic E-state index is 11.0. The van der Waals surface area contributed by atoms with Crippen molar-refractivity contribution in [2.75, 3.05) is 6.61 Å². The van der Waals surface area contributed by atoms with Crippen molar-refractivity contribution in [3.8, 4) is 0 Å². The SMILES string of the molecule is CC(=O)OC[C@H]1O[C@@H](OC(C)=O)[C@H](OC(C)=O)[C@@H]1C. The molecular weight excluding hydrogens is 256 g/mol. The van der Waals surface area contributed by atoms with E-state index in [4.69, 9.17) is 18.9 Å². The Labute approximate surface area is 111 Å². The third-order valence-electron chi connectivity index (χ3n) is 2.72. The Kier molecular flexibility index (Phi) is 5.29. The Balaban J connectivity index is 2.70. The molecule has 1 aliphatic rings. The molecule has 7 nitrogen and oxygen atoms in total. The molecule has 0 aromatic heterocycles. The van der Waals surface area contributed by atoms with Crippen LogP contribution in [-0.2, 0) is 33.3 Å². The van der Waals surface area contributed by atoms with Gasteiger partial charge in [0.2, 0.25) is 6.29 Å². The van der Waals surface area contributed by atoms with E-state index in [0.717, 1.165) is 0 Å². The number of esters is 3. The lowest BCUT2D eigenvalue weighted by Gasteiger charge is -2.20. The second-order valence-corrected chi connectivity index (χ2v) is 4.39. The smallest absolute Gasteiger partial charge is 0.305 e. The van der Waals surface area contributed by atoms with Crippen LogP contribution in [0.2, 0.25) is 0 Å². The van der Waals surface area contributed by atoms with E-state index in [0.29, 0.717) is 0 Å². The quantitative estimate of drug-likeness (QED) is 0.541. The number of rotatable bonds is 4. The van der Waals surface area contributed by atoms with Gasteiger partial charge in [-0.2, -0.15) is 0 Å². The molecule has 7 heteroatoms. The molecule has 19 heavy (non-hydrogen) atoms. The monoisotopic (exact) mass is 274 g/mol. The van der Waals surface area contributed by atoms with E-state index in [1.807, 2.05) is 0 Å². The van der Waals surface area contributed by atoms with E-state index in [1.165, 1.54) is 20.8 Å². The summed E-state index contributed by atoms with van der Waals surface area (Å²) in [5, 5.41) is 0. The third-order valence-corrected chi connectivity index (χ3v) is 2.72. The van der Waals surface area contributed by atoms with Crippen molar-refractivity contribution < 1.29 is 33.3 Å². The van der Waals surface area contributed by atoms with E-state index in [9.17, 15) is 14.4 Å². The lowest BCUT2D eigenvalue weighted by Crippen LogP contribution is -2.34. The summed E-state index contributed by atoms with van der Waals surface area (Å²) in [6, 6.07) is 0. The van der Waals surface area contributed by atoms with Gasteiger partial charge in [-0.25, -0.2) is 0 Å². The number of carbonyl (C=O) groups excluding carboxylic acids is 3. The number of carbonyl (C=O) groups is 3. The molecule has 0 aromatic carbocycles. The van der Waals surface area contributed by atoms with Crippen LogP contribution in [0, 0.1) is 5.92 Å². The van der Waals surface area contributed by atoms with Gasteiger partial charge in [0.25, 0.3) is 0 Å². The zero-order valence-corrected chi connectivity index (χ0v) is 11.4. The number of hydrogen-bond donors (Lipinski definition) is 0. The van der Waals surface area contributed by atoms with Crippen molar-refractivity contribution in [2.24, 2.45) is 5.92 Å². The van der Waals surface area contributed by atoms with Gasteiger partial charge >= 0.3 is 17.9 Å². The van der Waals surface area contributed by atoms with Crippen LogP contribution in [-0.4, -0.2) is 43.0 Å². The zero-order chi connectivity index (χ0) is 14.6. The van der Waals surface area contributed by atoms with Gasteiger partial charge in [0, 0.05) is 26.7 Å². The highest BCUT2D eigenvalue weighted by molar-refractivity contribution is 5.67. The average molecular weight is 274 g/mol. The molecule has 0 aromatic rings. The highest BCUT2D eigenvalue weighted by atomic mass is 16.7. The third kappa shape index (κ3) is 4.51. The normalized spacial score (nSPS) is 29.7. The first kappa shape index (κ1) is 15.4. The number of hydrogen-bond acceptors (Lipinski definition) is 7. The second-order valence-electron chi connectivity index (χ2n) is 4.39. The predicted molar refractivity (Wildman–Crippen MR) is 61.8 cm³/mol. The van der Waals surface area contributed by atoms with Crippen molar-refractivity contribution in [3.05, 3.63) is 0 Å². The maximum atomic E-state index is 11.0. The fraction of sp³-hybridized carbons (Fsp3) is 0.750. The standard InChI is InChI=1S/C12H18O7/c1-6-10(5-16-7(2)13)19-12(18-9(4)15)11(6)17-8(3)14/h6,10-12H,5H2,1-4H3/t6-,10-,11-,12-/m1/s1. The van der Waals surface area contributed by atoms with Gasteiger partial charge < -0.3 is 18.9 Å². The second kappa shape index (κ2) is 6.51. The highest BCUT2D eigenvalue weighted by Gasteiger charge is 2.46. The molecule has 0 saturated carbocycles. The minimum Gasteiger partial charge on any atom is -0.463 e. The summed E-state index contributed by atoms with van der Waals surface area (Å²) >= 11 is 0. The van der Waals surface area contributed by atoms with Crippen LogP contribution in [0.15, 0.2) is 0 Å². The van der Waals surface area contributed by atoms with Crippen LogP contribution in [0.25, 0.3) is 0 Å². The van der Waals surface area contributed by atoms with Gasteiger partial charge in [-0.1, -0.05) is 6.92 Å². The van der Waals surface area contributed by atoms with Crippen LogP contribution >= 0.6 is 0 Å². The predicted octanol–water partition coefficient (Wildman–Crippen LogP) is 0.405. The summed E-state index contributed by atoms with van der Waals surface area (Å²) in [5.41, 5.74) is 0. The topological polar surface area (TPSA) is 88.1 Å². The van der Waals surface area contributed by atoms with Gasteiger partial charge in [0.05, 0.1) is 0 Å². The molecule has 0 radical (unpaired) electrons. The first-order valence-corrected chi connectivity index (χ1v) is 5.94. The molecule has 0 bridgehead atoms. The van der Waals surface area contributed by atoms with Crippen LogP contribution in [0.4, 0.5) is 0 Å². The van der Waals surface area contributed by atoms with E-state index in [2.05, 4.69) is 0 Å². The van der Waals surface area contributed by atoms with Crippen molar-refractivity contribution >= 4 is 17.9 Å². The molecule has 0 N–H and O–H groups in total.